The summed E-state index contributed by atoms with van der Waals surface area (Å²) >= 11 is 0. The summed E-state index contributed by atoms with van der Waals surface area (Å²) in [5.41, 5.74) is 0.551. The summed E-state index contributed by atoms with van der Waals surface area (Å²) in [4.78, 5) is 54.5. The fourth-order valence-electron chi connectivity index (χ4n) is 4.59. The third kappa shape index (κ3) is 11.4. The third-order valence-electron chi connectivity index (χ3n) is 6.71. The lowest BCUT2D eigenvalue weighted by Gasteiger charge is -2.35. The van der Waals surface area contributed by atoms with Crippen molar-refractivity contribution in [3.63, 3.8) is 0 Å². The first kappa shape index (κ1) is 35.9. The number of unbranched alkanes of at least 4 members (excludes halogenated alkanes) is 2. The second kappa shape index (κ2) is 17.1. The molecule has 0 fully saturated rings. The van der Waals surface area contributed by atoms with Crippen LogP contribution >= 0.6 is 0 Å². The van der Waals surface area contributed by atoms with Crippen molar-refractivity contribution in [2.75, 3.05) is 19.7 Å². The average molecular weight is 614 g/mol. The number of para-hydroxylation sites is 1. The number of amides is 3. The predicted molar refractivity (Wildman–Crippen MR) is 166 cm³/mol. The predicted octanol–water partition coefficient (Wildman–Crippen LogP) is 4.67. The number of phenols is 2. The molecule has 0 aliphatic heterocycles. The van der Waals surface area contributed by atoms with Crippen molar-refractivity contribution in [3.05, 3.63) is 59.2 Å². The molecule has 0 radical (unpaired) electrons. The third-order valence-corrected chi connectivity index (χ3v) is 6.71. The summed E-state index contributed by atoms with van der Waals surface area (Å²) in [5, 5.41) is 26.2. The van der Waals surface area contributed by atoms with Crippen molar-refractivity contribution >= 4 is 23.9 Å². The van der Waals surface area contributed by atoms with E-state index in [1.54, 1.807) is 65.0 Å². The minimum atomic E-state index is -1.27. The van der Waals surface area contributed by atoms with Crippen LogP contribution in [-0.2, 0) is 30.3 Å². The molecule has 0 aromatic heterocycles. The maximum absolute atomic E-state index is 14.5. The number of ether oxygens (including phenoxy) is 2. The number of carbonyl (C=O) groups excluding carboxylic acids is 4. The van der Waals surface area contributed by atoms with Crippen molar-refractivity contribution in [1.29, 1.82) is 0 Å². The van der Waals surface area contributed by atoms with Gasteiger partial charge in [-0.15, -0.1) is 0 Å². The lowest BCUT2D eigenvalue weighted by Crippen LogP contribution is -2.54. The van der Waals surface area contributed by atoms with Crippen LogP contribution in [0.3, 0.4) is 0 Å². The molecule has 0 saturated carbocycles. The summed E-state index contributed by atoms with van der Waals surface area (Å²) in [7, 11) is 0. The molecule has 2 unspecified atom stereocenters. The molecule has 4 N–H and O–H groups in total. The zero-order valence-electron chi connectivity index (χ0n) is 26.6. The minimum Gasteiger partial charge on any atom is -0.508 e. The fraction of sp³-hybridized carbons (Fsp3) is 0.515. The van der Waals surface area contributed by atoms with Gasteiger partial charge in [-0.1, -0.05) is 50.1 Å². The second-order valence-electron chi connectivity index (χ2n) is 11.6. The molecule has 2 rings (SSSR count). The number of nitrogens with zero attached hydrogens (tertiary/aromatic N) is 1. The van der Waals surface area contributed by atoms with Gasteiger partial charge in [-0.05, 0) is 64.3 Å². The van der Waals surface area contributed by atoms with Crippen LogP contribution in [0.5, 0.6) is 11.5 Å². The van der Waals surface area contributed by atoms with Crippen LogP contribution < -0.4 is 10.6 Å². The Hall–Kier alpha value is -4.28. The maximum Gasteiger partial charge on any atom is 0.408 e. The van der Waals surface area contributed by atoms with Crippen LogP contribution in [0.1, 0.15) is 83.0 Å². The zero-order chi connectivity index (χ0) is 32.9. The number of aryl methyl sites for hydroxylation is 1. The molecule has 2 aromatic rings. The van der Waals surface area contributed by atoms with Gasteiger partial charge in [0.15, 0.2) is 0 Å². The number of benzene rings is 2. The monoisotopic (exact) mass is 613 g/mol. The SMILES string of the molecule is CCCCCN(C(=O)C(Cc1ccc(O)cc1)NC(=O)OC(C)(C)C)C(C(=O)NCCC(=O)OCC)c1cccc(C)c1O. The highest BCUT2D eigenvalue weighted by atomic mass is 16.6. The van der Waals surface area contributed by atoms with Crippen LogP contribution in [0.2, 0.25) is 0 Å². The fourth-order valence-corrected chi connectivity index (χ4v) is 4.59. The van der Waals surface area contributed by atoms with Gasteiger partial charge in [0.2, 0.25) is 11.8 Å². The van der Waals surface area contributed by atoms with Crippen molar-refractivity contribution < 1.29 is 38.9 Å². The van der Waals surface area contributed by atoms with E-state index < -0.39 is 41.6 Å². The molecule has 0 aliphatic carbocycles. The van der Waals surface area contributed by atoms with Gasteiger partial charge < -0.3 is 35.2 Å². The van der Waals surface area contributed by atoms with Gasteiger partial charge in [0.25, 0.3) is 0 Å². The Kier molecular flexibility index (Phi) is 14.0. The summed E-state index contributed by atoms with van der Waals surface area (Å²) in [5.74, 6) is -1.73. The molecule has 3 amide bonds. The number of hydrogen-bond acceptors (Lipinski definition) is 8. The van der Waals surface area contributed by atoms with E-state index in [9.17, 15) is 29.4 Å². The first-order chi connectivity index (χ1) is 20.8. The Bertz CT molecular complexity index is 1260. The van der Waals surface area contributed by atoms with Crippen molar-refractivity contribution in [2.45, 2.75) is 91.3 Å². The number of rotatable bonds is 15. The van der Waals surface area contributed by atoms with Crippen LogP contribution in [0, 0.1) is 6.92 Å². The van der Waals surface area contributed by atoms with E-state index in [1.807, 2.05) is 6.92 Å². The first-order valence-electron chi connectivity index (χ1n) is 15.1. The lowest BCUT2D eigenvalue weighted by molar-refractivity contribution is -0.144. The number of alkyl carbamates (subject to hydrolysis) is 1. The van der Waals surface area contributed by atoms with Crippen molar-refractivity contribution in [1.82, 2.24) is 15.5 Å². The normalized spacial score (nSPS) is 12.5. The van der Waals surface area contributed by atoms with E-state index in [4.69, 9.17) is 9.47 Å². The minimum absolute atomic E-state index is 0.0369. The molecule has 0 bridgehead atoms. The number of hydrogen-bond donors (Lipinski definition) is 4. The summed E-state index contributed by atoms with van der Waals surface area (Å²) < 4.78 is 10.4. The highest BCUT2D eigenvalue weighted by Crippen LogP contribution is 2.33. The van der Waals surface area contributed by atoms with Gasteiger partial charge in [-0.25, -0.2) is 4.79 Å². The van der Waals surface area contributed by atoms with E-state index >= 15 is 0 Å². The molecule has 0 saturated heterocycles. The molecule has 0 heterocycles. The van der Waals surface area contributed by atoms with Gasteiger partial charge in [-0.3, -0.25) is 14.4 Å². The Morgan fingerprint density at radius 3 is 2.27 bits per heavy atom. The zero-order valence-corrected chi connectivity index (χ0v) is 26.6. The quantitative estimate of drug-likeness (QED) is 0.167. The van der Waals surface area contributed by atoms with E-state index in [1.165, 1.54) is 17.0 Å². The van der Waals surface area contributed by atoms with Gasteiger partial charge in [0.1, 0.15) is 29.2 Å². The van der Waals surface area contributed by atoms with E-state index in [0.717, 1.165) is 12.8 Å². The van der Waals surface area contributed by atoms with Crippen LogP contribution in [0.4, 0.5) is 4.79 Å². The molecule has 11 heteroatoms. The van der Waals surface area contributed by atoms with Gasteiger partial charge >= 0.3 is 12.1 Å². The lowest BCUT2D eigenvalue weighted by atomic mass is 9.97. The molecular formula is C33H47N3O8. The first-order valence-corrected chi connectivity index (χ1v) is 15.1. The number of esters is 1. The largest absolute Gasteiger partial charge is 0.508 e. The topological polar surface area (TPSA) is 154 Å². The Labute approximate surface area is 259 Å². The Balaban J connectivity index is 2.57. The van der Waals surface area contributed by atoms with Gasteiger partial charge in [0, 0.05) is 25.1 Å². The van der Waals surface area contributed by atoms with Crippen molar-refractivity contribution in [2.24, 2.45) is 0 Å². The molecule has 44 heavy (non-hydrogen) atoms. The number of phenolic OH excluding ortho intramolecular Hbond substituents is 2. The van der Waals surface area contributed by atoms with Gasteiger partial charge in [-0.2, -0.15) is 0 Å². The smallest absolute Gasteiger partial charge is 0.408 e. The molecule has 11 nitrogen and oxygen atoms in total. The van der Waals surface area contributed by atoms with E-state index in [2.05, 4.69) is 10.6 Å². The second-order valence-corrected chi connectivity index (χ2v) is 11.6. The van der Waals surface area contributed by atoms with E-state index in [0.29, 0.717) is 17.5 Å². The molecule has 242 valence electrons. The van der Waals surface area contributed by atoms with E-state index in [-0.39, 0.29) is 49.6 Å². The van der Waals surface area contributed by atoms with Crippen LogP contribution in [0.15, 0.2) is 42.5 Å². The molecular weight excluding hydrogens is 566 g/mol. The summed E-state index contributed by atoms with van der Waals surface area (Å²) in [6, 6.07) is 8.76. The average Bonchev–Trinajstić information content (AvgIpc) is 2.94. The van der Waals surface area contributed by atoms with Crippen molar-refractivity contribution in [3.8, 4) is 11.5 Å². The van der Waals surface area contributed by atoms with Crippen LogP contribution in [-0.4, -0.2) is 70.3 Å². The number of nitrogens with one attached hydrogen (secondary N) is 2. The van der Waals surface area contributed by atoms with Gasteiger partial charge in [0.05, 0.1) is 13.0 Å². The number of carbonyl (C=O) groups is 4. The summed E-state index contributed by atoms with van der Waals surface area (Å²) in [6.45, 7) is 10.8. The molecule has 0 spiro atoms. The molecule has 0 aliphatic rings. The molecule has 2 aromatic carbocycles. The Morgan fingerprint density at radius 2 is 1.66 bits per heavy atom. The highest BCUT2D eigenvalue weighted by molar-refractivity contribution is 5.93. The summed E-state index contributed by atoms with van der Waals surface area (Å²) in [6.07, 6.45) is 1.33. The highest BCUT2D eigenvalue weighted by Gasteiger charge is 2.37. The Morgan fingerprint density at radius 1 is 0.977 bits per heavy atom. The standard InChI is InChI=1S/C33H47N3O8/c1-7-9-10-20-36(28(25-13-11-12-22(3)29(25)39)30(40)34-19-18-27(38)43-8-2)31(41)26(35-32(42)44-33(4,5)6)21-23-14-16-24(37)17-15-23/h11-17,26,28,37,39H,7-10,18-21H2,1-6H3,(H,34,40)(H,35,42). The number of aromatic hydroxyl groups is 2. The molecule has 2 atom stereocenters. The maximum atomic E-state index is 14.5. The van der Waals surface area contributed by atoms with Crippen LogP contribution in [0.25, 0.3) is 0 Å².